The van der Waals surface area contributed by atoms with E-state index in [1.165, 1.54) is 23.2 Å². The number of ether oxygens (including phenoxy) is 2. The van der Waals surface area contributed by atoms with E-state index < -0.39 is 17.7 Å². The Morgan fingerprint density at radius 1 is 1.21 bits per heavy atom. The van der Waals surface area contributed by atoms with Gasteiger partial charge in [0.25, 0.3) is 5.91 Å². The number of aliphatic hydroxyl groups is 1. The molecule has 5 rings (SSSR count). The van der Waals surface area contributed by atoms with Crippen LogP contribution in [0.4, 0.5) is 5.13 Å². The third-order valence-corrected chi connectivity index (χ3v) is 5.82. The molecule has 7 nitrogen and oxygen atoms in total. The van der Waals surface area contributed by atoms with Crippen LogP contribution in [0.5, 0.6) is 11.5 Å². The number of carbonyl (C=O) groups excluding carboxylic acids is 2. The summed E-state index contributed by atoms with van der Waals surface area (Å²) in [4.78, 5) is 31.1. The van der Waals surface area contributed by atoms with Crippen molar-refractivity contribution in [2.45, 2.75) is 13.0 Å². The number of amides is 1. The van der Waals surface area contributed by atoms with E-state index in [0.29, 0.717) is 22.2 Å². The minimum atomic E-state index is -0.792. The highest BCUT2D eigenvalue weighted by molar-refractivity contribution is 7.22. The number of hydrogen-bond acceptors (Lipinski definition) is 7. The number of hydrogen-bond donors (Lipinski definition) is 1. The molecule has 2 aliphatic rings. The van der Waals surface area contributed by atoms with Gasteiger partial charge in [-0.05, 0) is 36.8 Å². The number of benzene rings is 2. The van der Waals surface area contributed by atoms with E-state index in [2.05, 4.69) is 4.98 Å². The van der Waals surface area contributed by atoms with Gasteiger partial charge in [-0.25, -0.2) is 4.98 Å². The van der Waals surface area contributed by atoms with E-state index in [-0.39, 0.29) is 18.1 Å². The zero-order valence-corrected chi connectivity index (χ0v) is 15.5. The first kappa shape index (κ1) is 16.8. The van der Waals surface area contributed by atoms with Gasteiger partial charge in [0.1, 0.15) is 0 Å². The van der Waals surface area contributed by atoms with Crippen molar-refractivity contribution in [3.63, 3.8) is 0 Å². The predicted molar refractivity (Wildman–Crippen MR) is 103 cm³/mol. The summed E-state index contributed by atoms with van der Waals surface area (Å²) in [5.74, 6) is -0.445. The number of fused-ring (bicyclic) bond motifs is 2. The van der Waals surface area contributed by atoms with Crippen molar-refractivity contribution in [1.82, 2.24) is 4.98 Å². The Bertz CT molecular complexity index is 1150. The van der Waals surface area contributed by atoms with Gasteiger partial charge in [0.05, 0.1) is 21.8 Å². The monoisotopic (exact) mass is 394 g/mol. The van der Waals surface area contributed by atoms with E-state index in [1.807, 2.05) is 24.3 Å². The number of ketones is 1. The maximum atomic E-state index is 12.9. The molecule has 1 unspecified atom stereocenters. The maximum Gasteiger partial charge on any atom is 0.296 e. The summed E-state index contributed by atoms with van der Waals surface area (Å²) in [5.41, 5.74) is 1.42. The highest BCUT2D eigenvalue weighted by Crippen LogP contribution is 2.45. The summed E-state index contributed by atoms with van der Waals surface area (Å²) >= 11 is 1.33. The number of aliphatic hydroxyl groups excluding tert-OH is 1. The molecule has 0 saturated heterocycles. The van der Waals surface area contributed by atoms with Gasteiger partial charge in [-0.1, -0.05) is 29.5 Å². The zero-order chi connectivity index (χ0) is 19.4. The van der Waals surface area contributed by atoms with E-state index in [1.54, 1.807) is 18.2 Å². The molecular weight excluding hydrogens is 380 g/mol. The largest absolute Gasteiger partial charge is 0.503 e. The van der Waals surface area contributed by atoms with Gasteiger partial charge in [0, 0.05) is 0 Å². The molecule has 3 aromatic rings. The molecule has 2 aliphatic heterocycles. The lowest BCUT2D eigenvalue weighted by Crippen LogP contribution is -2.30. The van der Waals surface area contributed by atoms with Gasteiger partial charge in [-0.2, -0.15) is 0 Å². The lowest BCUT2D eigenvalue weighted by Gasteiger charge is -2.24. The van der Waals surface area contributed by atoms with Crippen LogP contribution >= 0.6 is 11.3 Å². The molecule has 8 heteroatoms. The number of Topliss-reactive ketones (excluding diaryl/α,β-unsaturated/α-hetero) is 1. The second kappa shape index (κ2) is 6.07. The Morgan fingerprint density at radius 2 is 2.00 bits per heavy atom. The summed E-state index contributed by atoms with van der Waals surface area (Å²) in [7, 11) is 0. The minimum Gasteiger partial charge on any atom is -0.503 e. The molecule has 0 bridgehead atoms. The lowest BCUT2D eigenvalue weighted by atomic mass is 9.96. The highest BCUT2D eigenvalue weighted by atomic mass is 32.1. The van der Waals surface area contributed by atoms with E-state index >= 15 is 0 Å². The van der Waals surface area contributed by atoms with Crippen molar-refractivity contribution in [3.8, 4) is 11.5 Å². The van der Waals surface area contributed by atoms with Gasteiger partial charge < -0.3 is 14.6 Å². The summed E-state index contributed by atoms with van der Waals surface area (Å²) in [6, 6.07) is 11.9. The molecule has 1 amide bonds. The van der Waals surface area contributed by atoms with Gasteiger partial charge in [-0.3, -0.25) is 14.5 Å². The minimum absolute atomic E-state index is 0.0446. The summed E-state index contributed by atoms with van der Waals surface area (Å²) < 4.78 is 11.7. The first-order chi connectivity index (χ1) is 13.5. The third-order valence-electron chi connectivity index (χ3n) is 4.79. The molecule has 140 valence electrons. The van der Waals surface area contributed by atoms with Gasteiger partial charge in [0.15, 0.2) is 28.2 Å². The Hall–Kier alpha value is -3.39. The molecule has 0 radical (unpaired) electrons. The molecule has 0 aliphatic carbocycles. The van der Waals surface area contributed by atoms with E-state index in [0.717, 1.165) is 10.2 Å². The first-order valence-electron chi connectivity index (χ1n) is 8.57. The smallest absolute Gasteiger partial charge is 0.296 e. The number of thiazole rings is 1. The lowest BCUT2D eigenvalue weighted by molar-refractivity contribution is -0.117. The third kappa shape index (κ3) is 2.38. The fraction of sp³-hybridized carbons (Fsp3) is 0.150. The number of nitrogens with zero attached hydrogens (tertiary/aromatic N) is 2. The van der Waals surface area contributed by atoms with Gasteiger partial charge in [-0.15, -0.1) is 0 Å². The molecular formula is C20H14N2O5S. The van der Waals surface area contributed by atoms with Crippen LogP contribution in [0, 0.1) is 0 Å². The van der Waals surface area contributed by atoms with Gasteiger partial charge >= 0.3 is 0 Å². The van der Waals surface area contributed by atoms with E-state index in [9.17, 15) is 14.7 Å². The van der Waals surface area contributed by atoms with Crippen LogP contribution in [0.2, 0.25) is 0 Å². The van der Waals surface area contributed by atoms with Crippen LogP contribution in [-0.2, 0) is 9.59 Å². The van der Waals surface area contributed by atoms with Crippen LogP contribution in [0.3, 0.4) is 0 Å². The molecule has 1 N–H and O–H groups in total. The number of anilines is 1. The highest BCUT2D eigenvalue weighted by Gasteiger charge is 2.45. The van der Waals surface area contributed by atoms with Crippen LogP contribution in [0.1, 0.15) is 18.5 Å². The fourth-order valence-electron chi connectivity index (χ4n) is 3.52. The first-order valence-corrected chi connectivity index (χ1v) is 9.39. The van der Waals surface area contributed by atoms with Crippen LogP contribution in [0.25, 0.3) is 10.2 Å². The predicted octanol–water partition coefficient (Wildman–Crippen LogP) is 3.51. The summed E-state index contributed by atoms with van der Waals surface area (Å²) in [6.45, 7) is 1.45. The Morgan fingerprint density at radius 3 is 2.79 bits per heavy atom. The molecule has 1 aromatic heterocycles. The van der Waals surface area contributed by atoms with Crippen molar-refractivity contribution >= 4 is 38.4 Å². The molecule has 0 saturated carbocycles. The van der Waals surface area contributed by atoms with E-state index in [4.69, 9.17) is 9.47 Å². The van der Waals surface area contributed by atoms with Crippen molar-refractivity contribution in [2.24, 2.45) is 0 Å². The molecule has 0 fully saturated rings. The topological polar surface area (TPSA) is 89.0 Å². The van der Waals surface area contributed by atoms with Crippen molar-refractivity contribution < 1.29 is 24.2 Å². The average molecular weight is 394 g/mol. The van der Waals surface area contributed by atoms with Crippen molar-refractivity contribution in [1.29, 1.82) is 0 Å². The SMILES string of the molecule is CC(=O)C1=C(O)C(=O)N(c2nc3ccccc3s2)C1c1ccc2c(c1)OCO2. The maximum absolute atomic E-state index is 12.9. The second-order valence-electron chi connectivity index (χ2n) is 6.47. The quantitative estimate of drug-likeness (QED) is 0.731. The molecule has 1 atom stereocenters. The van der Waals surface area contributed by atoms with Crippen LogP contribution < -0.4 is 14.4 Å². The van der Waals surface area contributed by atoms with Crippen molar-refractivity contribution in [2.75, 3.05) is 11.7 Å². The fourth-order valence-corrected chi connectivity index (χ4v) is 4.52. The molecule has 0 spiro atoms. The van der Waals surface area contributed by atoms with Crippen molar-refractivity contribution in [3.05, 3.63) is 59.4 Å². The average Bonchev–Trinajstić information content (AvgIpc) is 3.37. The van der Waals surface area contributed by atoms with Crippen LogP contribution in [-0.4, -0.2) is 28.6 Å². The summed E-state index contributed by atoms with van der Waals surface area (Å²) in [5, 5.41) is 10.9. The summed E-state index contributed by atoms with van der Waals surface area (Å²) in [6.07, 6.45) is 0. The number of para-hydroxylation sites is 1. The Labute approximate surface area is 163 Å². The normalized spacial score (nSPS) is 18.4. The van der Waals surface area contributed by atoms with Crippen LogP contribution in [0.15, 0.2) is 53.8 Å². The second-order valence-corrected chi connectivity index (χ2v) is 7.48. The standard InChI is InChI=1S/C20H14N2O5S/c1-10(23)16-17(11-6-7-13-14(8-11)27-9-26-13)22(19(25)18(16)24)20-21-12-4-2-3-5-15(12)28-20/h2-8,17,24H,9H2,1H3. The Kier molecular flexibility index (Phi) is 3.63. The number of aromatic nitrogens is 1. The Balaban J connectivity index is 1.68. The zero-order valence-electron chi connectivity index (χ0n) is 14.7. The molecule has 28 heavy (non-hydrogen) atoms. The number of carbonyl (C=O) groups is 2. The molecule has 3 heterocycles. The number of rotatable bonds is 3. The molecule has 2 aromatic carbocycles. The van der Waals surface area contributed by atoms with Gasteiger partial charge in [0.2, 0.25) is 6.79 Å².